The smallest absolute Gasteiger partial charge is 0.0454 e. The van der Waals surface area contributed by atoms with Crippen molar-refractivity contribution in [3.8, 4) is 22.3 Å². The van der Waals surface area contributed by atoms with Crippen LogP contribution in [0.1, 0.15) is 58.2 Å². The molecule has 1 nitrogen and oxygen atoms in total. The third kappa shape index (κ3) is 3.64. The van der Waals surface area contributed by atoms with Crippen molar-refractivity contribution in [3.05, 3.63) is 108 Å². The van der Waals surface area contributed by atoms with Gasteiger partial charge in [0.2, 0.25) is 0 Å². The first kappa shape index (κ1) is 22.5. The molecule has 4 aromatic rings. The van der Waals surface area contributed by atoms with E-state index < -0.39 is 0 Å². The van der Waals surface area contributed by atoms with E-state index >= 15 is 0 Å². The molecule has 0 bridgehead atoms. The Morgan fingerprint density at radius 1 is 0.676 bits per heavy atom. The minimum absolute atomic E-state index is 0.0220. The van der Waals surface area contributed by atoms with E-state index in [1.807, 2.05) is 0 Å². The van der Waals surface area contributed by atoms with E-state index in [1.165, 1.54) is 50.3 Å². The summed E-state index contributed by atoms with van der Waals surface area (Å²) in [6, 6.07) is 33.5. The summed E-state index contributed by atoms with van der Waals surface area (Å²) in [6.45, 7) is 13.9. The largest absolute Gasteiger partial charge is 0.336 e. The van der Waals surface area contributed by atoms with E-state index in [0.29, 0.717) is 0 Å². The van der Waals surface area contributed by atoms with Crippen molar-refractivity contribution in [2.45, 2.75) is 58.9 Å². The van der Waals surface area contributed by atoms with Crippen molar-refractivity contribution in [2.24, 2.45) is 0 Å². The number of fused-ring (bicyclic) bond motifs is 3. The molecule has 0 saturated carbocycles. The summed E-state index contributed by atoms with van der Waals surface area (Å²) < 4.78 is 0. The standard InChI is InChI=1S/C33H35N/c1-7-23-21-30-28(27-18-11-12-19-29(27)33(30,5)6)22-31(23)34(32(2,3)4)26-17-13-16-25(20-26)24-14-9-8-10-15-24/h8-22H,7H2,1-6H3. The van der Waals surface area contributed by atoms with Crippen molar-refractivity contribution in [1.29, 1.82) is 0 Å². The third-order valence-corrected chi connectivity index (χ3v) is 7.29. The molecule has 5 rings (SSSR count). The summed E-state index contributed by atoms with van der Waals surface area (Å²) >= 11 is 0. The summed E-state index contributed by atoms with van der Waals surface area (Å²) in [7, 11) is 0. The van der Waals surface area contributed by atoms with Crippen LogP contribution in [0.4, 0.5) is 11.4 Å². The number of benzene rings is 4. The fraction of sp³-hybridized carbons (Fsp3) is 0.273. The minimum atomic E-state index is -0.0822. The van der Waals surface area contributed by atoms with Crippen molar-refractivity contribution < 1.29 is 0 Å². The van der Waals surface area contributed by atoms with Crippen LogP contribution in [-0.4, -0.2) is 5.54 Å². The first-order valence-electron chi connectivity index (χ1n) is 12.4. The molecule has 0 saturated heterocycles. The average molecular weight is 446 g/mol. The summed E-state index contributed by atoms with van der Waals surface area (Å²) in [6.07, 6.45) is 1.000. The van der Waals surface area contributed by atoms with Gasteiger partial charge in [-0.1, -0.05) is 93.6 Å². The SMILES string of the molecule is CCc1cc2c(cc1N(c1cccc(-c3ccccc3)c1)C(C)(C)C)-c1ccccc1C2(C)C. The quantitative estimate of drug-likeness (QED) is 0.303. The van der Waals surface area contributed by atoms with Gasteiger partial charge in [-0.15, -0.1) is 0 Å². The topological polar surface area (TPSA) is 3.24 Å². The van der Waals surface area contributed by atoms with Crippen LogP contribution >= 0.6 is 0 Å². The maximum absolute atomic E-state index is 2.53. The molecule has 0 heterocycles. The van der Waals surface area contributed by atoms with Gasteiger partial charge in [-0.25, -0.2) is 0 Å². The number of nitrogens with zero attached hydrogens (tertiary/aromatic N) is 1. The van der Waals surface area contributed by atoms with Crippen LogP contribution in [0.15, 0.2) is 91.0 Å². The zero-order chi connectivity index (χ0) is 24.1. The molecule has 0 radical (unpaired) electrons. The lowest BCUT2D eigenvalue weighted by Gasteiger charge is -2.40. The summed E-state index contributed by atoms with van der Waals surface area (Å²) in [5, 5.41) is 0. The molecule has 4 aromatic carbocycles. The second-order valence-electron chi connectivity index (χ2n) is 11.0. The van der Waals surface area contributed by atoms with E-state index in [9.17, 15) is 0 Å². The van der Waals surface area contributed by atoms with Gasteiger partial charge in [0.25, 0.3) is 0 Å². The highest BCUT2D eigenvalue weighted by atomic mass is 15.2. The Morgan fingerprint density at radius 2 is 1.35 bits per heavy atom. The zero-order valence-corrected chi connectivity index (χ0v) is 21.3. The van der Waals surface area contributed by atoms with Gasteiger partial charge in [0.1, 0.15) is 0 Å². The van der Waals surface area contributed by atoms with Crippen LogP contribution in [0.2, 0.25) is 0 Å². The third-order valence-electron chi connectivity index (χ3n) is 7.29. The van der Waals surface area contributed by atoms with Crippen molar-refractivity contribution in [3.63, 3.8) is 0 Å². The maximum atomic E-state index is 2.53. The summed E-state index contributed by atoms with van der Waals surface area (Å²) in [5.74, 6) is 0. The highest BCUT2D eigenvalue weighted by molar-refractivity contribution is 5.86. The van der Waals surface area contributed by atoms with Crippen LogP contribution in [0.25, 0.3) is 22.3 Å². The molecule has 0 fully saturated rings. The number of rotatable bonds is 4. The molecule has 0 unspecified atom stereocenters. The fourth-order valence-electron chi connectivity index (χ4n) is 5.62. The van der Waals surface area contributed by atoms with E-state index in [4.69, 9.17) is 0 Å². The van der Waals surface area contributed by atoms with Gasteiger partial charge < -0.3 is 4.90 Å². The highest BCUT2D eigenvalue weighted by Crippen LogP contribution is 2.51. The first-order chi connectivity index (χ1) is 16.2. The molecule has 0 N–H and O–H groups in total. The van der Waals surface area contributed by atoms with Crippen molar-refractivity contribution in [2.75, 3.05) is 4.90 Å². The predicted molar refractivity (Wildman–Crippen MR) is 147 cm³/mol. The molecule has 1 aliphatic carbocycles. The van der Waals surface area contributed by atoms with Gasteiger partial charge in [-0.05, 0) is 84.3 Å². The van der Waals surface area contributed by atoms with Crippen LogP contribution in [0, 0.1) is 0 Å². The first-order valence-corrected chi connectivity index (χ1v) is 12.4. The number of hydrogen-bond donors (Lipinski definition) is 0. The lowest BCUT2D eigenvalue weighted by molar-refractivity contribution is 0.558. The normalized spacial score (nSPS) is 13.9. The lowest BCUT2D eigenvalue weighted by Crippen LogP contribution is -2.38. The van der Waals surface area contributed by atoms with Crippen LogP contribution in [0.3, 0.4) is 0 Å². The molecule has 0 aliphatic heterocycles. The fourth-order valence-corrected chi connectivity index (χ4v) is 5.62. The Labute approximate surface area is 205 Å². The van der Waals surface area contributed by atoms with E-state index in [-0.39, 0.29) is 11.0 Å². The Kier molecular flexibility index (Phi) is 5.40. The number of hydrogen-bond acceptors (Lipinski definition) is 1. The highest BCUT2D eigenvalue weighted by Gasteiger charge is 2.37. The molecule has 172 valence electrons. The zero-order valence-electron chi connectivity index (χ0n) is 21.3. The van der Waals surface area contributed by atoms with Crippen molar-refractivity contribution in [1.82, 2.24) is 0 Å². The Hall–Kier alpha value is -3.32. The van der Waals surface area contributed by atoms with Gasteiger partial charge in [-0.3, -0.25) is 0 Å². The lowest BCUT2D eigenvalue weighted by atomic mass is 9.81. The minimum Gasteiger partial charge on any atom is -0.336 e. The summed E-state index contributed by atoms with van der Waals surface area (Å²) in [5.41, 5.74) is 12.0. The van der Waals surface area contributed by atoms with Gasteiger partial charge >= 0.3 is 0 Å². The van der Waals surface area contributed by atoms with E-state index in [2.05, 4.69) is 137 Å². The van der Waals surface area contributed by atoms with E-state index in [0.717, 1.165) is 6.42 Å². The molecular formula is C33H35N. The molecule has 0 spiro atoms. The molecular weight excluding hydrogens is 410 g/mol. The van der Waals surface area contributed by atoms with Gasteiger partial charge in [0, 0.05) is 22.3 Å². The Bertz CT molecular complexity index is 1340. The molecule has 0 aromatic heterocycles. The molecule has 0 amide bonds. The molecule has 0 atom stereocenters. The molecule has 34 heavy (non-hydrogen) atoms. The second-order valence-corrected chi connectivity index (χ2v) is 11.0. The average Bonchev–Trinajstić information content (AvgIpc) is 3.05. The summed E-state index contributed by atoms with van der Waals surface area (Å²) in [4.78, 5) is 2.53. The van der Waals surface area contributed by atoms with Gasteiger partial charge in [0.15, 0.2) is 0 Å². The van der Waals surface area contributed by atoms with Gasteiger partial charge in [-0.2, -0.15) is 0 Å². The number of aryl methyl sites for hydroxylation is 1. The van der Waals surface area contributed by atoms with Crippen LogP contribution < -0.4 is 4.90 Å². The van der Waals surface area contributed by atoms with Crippen molar-refractivity contribution >= 4 is 11.4 Å². The monoisotopic (exact) mass is 445 g/mol. The second kappa shape index (κ2) is 8.17. The molecule has 1 aliphatic rings. The Balaban J connectivity index is 1.72. The van der Waals surface area contributed by atoms with E-state index in [1.54, 1.807) is 0 Å². The van der Waals surface area contributed by atoms with Crippen LogP contribution in [-0.2, 0) is 11.8 Å². The Morgan fingerprint density at radius 3 is 2.06 bits per heavy atom. The van der Waals surface area contributed by atoms with Crippen LogP contribution in [0.5, 0.6) is 0 Å². The maximum Gasteiger partial charge on any atom is 0.0454 e. The van der Waals surface area contributed by atoms with Gasteiger partial charge in [0.05, 0.1) is 0 Å². The molecule has 1 heteroatoms. The number of anilines is 2. The predicted octanol–water partition coefficient (Wildman–Crippen LogP) is 9.16.